The summed E-state index contributed by atoms with van der Waals surface area (Å²) in [6.45, 7) is 3.56. The van der Waals surface area contributed by atoms with E-state index in [9.17, 15) is 22.8 Å². The van der Waals surface area contributed by atoms with Crippen molar-refractivity contribution in [2.75, 3.05) is 5.32 Å². The van der Waals surface area contributed by atoms with Gasteiger partial charge in [-0.05, 0) is 50.1 Å². The lowest BCUT2D eigenvalue weighted by Gasteiger charge is -2.28. The molecule has 2 aromatic heterocycles. The second-order valence-electron chi connectivity index (χ2n) is 7.75. The molecule has 0 saturated heterocycles. The van der Waals surface area contributed by atoms with E-state index in [0.717, 1.165) is 12.1 Å². The molecule has 0 radical (unpaired) electrons. The van der Waals surface area contributed by atoms with Crippen molar-refractivity contribution in [1.82, 2.24) is 14.8 Å². The molecular formula is C22H18ClF3N4O2. The van der Waals surface area contributed by atoms with Crippen molar-refractivity contribution in [1.29, 1.82) is 0 Å². The van der Waals surface area contributed by atoms with Gasteiger partial charge in [-0.25, -0.2) is 4.98 Å². The molecule has 0 fully saturated rings. The average Bonchev–Trinajstić information content (AvgIpc) is 3.14. The van der Waals surface area contributed by atoms with Crippen LogP contribution in [0.2, 0.25) is 5.15 Å². The zero-order valence-electron chi connectivity index (χ0n) is 17.1. The highest BCUT2D eigenvalue weighted by atomic mass is 35.5. The molecule has 166 valence electrons. The zero-order chi connectivity index (χ0) is 23.2. The molecule has 1 aliphatic heterocycles. The summed E-state index contributed by atoms with van der Waals surface area (Å²) < 4.78 is 40.2. The number of amides is 1. The largest absolute Gasteiger partial charge is 0.416 e. The summed E-state index contributed by atoms with van der Waals surface area (Å²) in [5.74, 6) is -1.45. The van der Waals surface area contributed by atoms with Gasteiger partial charge in [0.2, 0.25) is 0 Å². The van der Waals surface area contributed by atoms with Crippen LogP contribution < -0.4 is 5.32 Å². The lowest BCUT2D eigenvalue weighted by atomic mass is 9.84. The van der Waals surface area contributed by atoms with Crippen LogP contribution in [-0.2, 0) is 6.18 Å². The first-order valence-corrected chi connectivity index (χ1v) is 10.2. The molecule has 0 saturated carbocycles. The molecule has 1 aliphatic rings. The number of anilines is 1. The van der Waals surface area contributed by atoms with Crippen molar-refractivity contribution >= 4 is 29.0 Å². The minimum absolute atomic E-state index is 0.166. The molecule has 2 atom stereocenters. The monoisotopic (exact) mass is 462 g/mol. The Balaban J connectivity index is 1.64. The van der Waals surface area contributed by atoms with Gasteiger partial charge in [-0.2, -0.15) is 18.3 Å². The minimum atomic E-state index is -4.45. The highest BCUT2D eigenvalue weighted by molar-refractivity contribution is 6.29. The van der Waals surface area contributed by atoms with Crippen LogP contribution in [0.5, 0.6) is 0 Å². The SMILES string of the molecule is Cc1cc(C(=O)Nc2cnn3c2C(=O)C(c2ccc(C(F)(F)F)cc2)C[C@@H]3C)cc(Cl)n1. The molecule has 1 amide bonds. The number of nitrogens with one attached hydrogen (secondary N) is 1. The number of aryl methyl sites for hydroxylation is 1. The van der Waals surface area contributed by atoms with Crippen molar-refractivity contribution in [3.05, 3.63) is 75.8 Å². The van der Waals surface area contributed by atoms with Crippen LogP contribution in [0.4, 0.5) is 18.9 Å². The Morgan fingerprint density at radius 2 is 1.91 bits per heavy atom. The van der Waals surface area contributed by atoms with Crippen LogP contribution in [0.25, 0.3) is 0 Å². The number of carbonyl (C=O) groups excluding carboxylic acids is 2. The number of Topliss-reactive ketones (excluding diaryl/α,β-unsaturated/α-hetero) is 1. The van der Waals surface area contributed by atoms with Crippen molar-refractivity contribution in [3.8, 4) is 0 Å². The zero-order valence-corrected chi connectivity index (χ0v) is 17.8. The molecule has 0 bridgehead atoms. The third kappa shape index (κ3) is 4.12. The number of rotatable bonds is 3. The van der Waals surface area contributed by atoms with Gasteiger partial charge in [-0.3, -0.25) is 14.3 Å². The summed E-state index contributed by atoms with van der Waals surface area (Å²) in [5, 5.41) is 7.10. The fraction of sp³-hybridized carbons (Fsp3) is 0.273. The van der Waals surface area contributed by atoms with Gasteiger partial charge in [-0.1, -0.05) is 23.7 Å². The van der Waals surface area contributed by atoms with E-state index in [1.165, 1.54) is 29.1 Å². The van der Waals surface area contributed by atoms with Gasteiger partial charge in [0.05, 0.1) is 29.4 Å². The Bertz CT molecular complexity index is 1180. The van der Waals surface area contributed by atoms with Gasteiger partial charge >= 0.3 is 6.18 Å². The first kappa shape index (κ1) is 22.0. The normalized spacial score (nSPS) is 18.4. The molecule has 3 aromatic rings. The van der Waals surface area contributed by atoms with Crippen LogP contribution in [0.1, 0.15) is 63.0 Å². The van der Waals surface area contributed by atoms with E-state index in [2.05, 4.69) is 15.4 Å². The van der Waals surface area contributed by atoms with Crippen LogP contribution in [-0.4, -0.2) is 26.5 Å². The Morgan fingerprint density at radius 3 is 2.53 bits per heavy atom. The van der Waals surface area contributed by atoms with Crippen LogP contribution in [0, 0.1) is 6.92 Å². The van der Waals surface area contributed by atoms with Crippen LogP contribution in [0.3, 0.4) is 0 Å². The van der Waals surface area contributed by atoms with E-state index in [4.69, 9.17) is 11.6 Å². The summed E-state index contributed by atoms with van der Waals surface area (Å²) in [6.07, 6.45) is -2.68. The van der Waals surface area contributed by atoms with E-state index in [0.29, 0.717) is 17.7 Å². The number of hydrogen-bond acceptors (Lipinski definition) is 4. The van der Waals surface area contributed by atoms with E-state index in [-0.39, 0.29) is 33.9 Å². The number of alkyl halides is 3. The first-order chi connectivity index (χ1) is 15.0. The van der Waals surface area contributed by atoms with Gasteiger partial charge in [0, 0.05) is 11.3 Å². The van der Waals surface area contributed by atoms with E-state index < -0.39 is 23.6 Å². The third-order valence-electron chi connectivity index (χ3n) is 5.41. The van der Waals surface area contributed by atoms with Crippen molar-refractivity contribution in [2.45, 2.75) is 38.4 Å². The van der Waals surface area contributed by atoms with Crippen molar-refractivity contribution < 1.29 is 22.8 Å². The summed E-state index contributed by atoms with van der Waals surface area (Å²) in [5.41, 5.74) is 0.982. The van der Waals surface area contributed by atoms with Crippen molar-refractivity contribution in [2.24, 2.45) is 0 Å². The minimum Gasteiger partial charge on any atom is -0.319 e. The molecule has 32 heavy (non-hydrogen) atoms. The van der Waals surface area contributed by atoms with Gasteiger partial charge in [0.15, 0.2) is 5.78 Å². The van der Waals surface area contributed by atoms with Gasteiger partial charge in [-0.15, -0.1) is 0 Å². The molecular weight excluding hydrogens is 445 g/mol. The number of benzene rings is 1. The average molecular weight is 463 g/mol. The quantitative estimate of drug-likeness (QED) is 0.526. The Labute approximate surface area is 186 Å². The third-order valence-corrected chi connectivity index (χ3v) is 5.61. The number of halogens is 4. The summed E-state index contributed by atoms with van der Waals surface area (Å²) in [6, 6.07) is 7.36. The summed E-state index contributed by atoms with van der Waals surface area (Å²) >= 11 is 5.93. The molecule has 1 N–H and O–H groups in total. The number of aromatic nitrogens is 3. The Morgan fingerprint density at radius 1 is 1.22 bits per heavy atom. The highest BCUT2D eigenvalue weighted by Gasteiger charge is 2.37. The van der Waals surface area contributed by atoms with E-state index in [1.807, 2.05) is 6.92 Å². The number of ketones is 1. The van der Waals surface area contributed by atoms with Gasteiger partial charge in [0.25, 0.3) is 5.91 Å². The molecule has 0 aliphatic carbocycles. The number of fused-ring (bicyclic) bond motifs is 1. The molecule has 6 nitrogen and oxygen atoms in total. The molecule has 10 heteroatoms. The van der Waals surface area contributed by atoms with Gasteiger partial charge in [0.1, 0.15) is 10.8 Å². The lowest BCUT2D eigenvalue weighted by Crippen LogP contribution is -2.29. The molecule has 3 heterocycles. The van der Waals surface area contributed by atoms with E-state index >= 15 is 0 Å². The van der Waals surface area contributed by atoms with Gasteiger partial charge < -0.3 is 5.32 Å². The standard InChI is InChI=1S/C22H18ClF3N4O2/c1-11-7-14(9-18(23)28-11)21(32)29-17-10-27-30-12(2)8-16(20(31)19(17)30)13-3-5-15(6-4-13)22(24,25)26/h3-7,9-10,12,16H,8H2,1-2H3,(H,29,32)/t12-,16?/m0/s1. The second kappa shape index (κ2) is 8.05. The second-order valence-corrected chi connectivity index (χ2v) is 8.13. The van der Waals surface area contributed by atoms with Crippen LogP contribution >= 0.6 is 11.6 Å². The summed E-state index contributed by atoms with van der Waals surface area (Å²) in [4.78, 5) is 30.0. The number of nitrogens with zero attached hydrogens (tertiary/aromatic N) is 3. The topological polar surface area (TPSA) is 76.9 Å². The first-order valence-electron chi connectivity index (χ1n) is 9.79. The maximum Gasteiger partial charge on any atom is 0.416 e. The Kier molecular flexibility index (Phi) is 5.54. The number of pyridine rings is 1. The maximum atomic E-state index is 13.3. The molecule has 1 aromatic carbocycles. The molecule has 4 rings (SSSR count). The van der Waals surface area contributed by atoms with E-state index in [1.54, 1.807) is 13.0 Å². The Hall–Kier alpha value is -3.20. The fourth-order valence-electron chi connectivity index (χ4n) is 3.89. The molecule has 0 spiro atoms. The number of hydrogen-bond donors (Lipinski definition) is 1. The van der Waals surface area contributed by atoms with Crippen LogP contribution in [0.15, 0.2) is 42.6 Å². The maximum absolute atomic E-state index is 13.3. The van der Waals surface area contributed by atoms with Crippen molar-refractivity contribution in [3.63, 3.8) is 0 Å². The summed E-state index contributed by atoms with van der Waals surface area (Å²) in [7, 11) is 0. The number of carbonyl (C=O) groups is 2. The predicted octanol–water partition coefficient (Wildman–Crippen LogP) is 5.44. The highest BCUT2D eigenvalue weighted by Crippen LogP contribution is 2.39. The smallest absolute Gasteiger partial charge is 0.319 e. The molecule has 1 unspecified atom stereocenters. The fourth-order valence-corrected chi connectivity index (χ4v) is 4.14. The predicted molar refractivity (Wildman–Crippen MR) is 112 cm³/mol. The lowest BCUT2D eigenvalue weighted by molar-refractivity contribution is -0.137.